The highest BCUT2D eigenvalue weighted by Crippen LogP contribution is 2.34. The van der Waals surface area contributed by atoms with Crippen LogP contribution in [0.4, 0.5) is 0 Å². The topological polar surface area (TPSA) is 78.7 Å². The molecule has 0 radical (unpaired) electrons. The van der Waals surface area contributed by atoms with Crippen molar-refractivity contribution in [1.29, 1.82) is 0 Å². The summed E-state index contributed by atoms with van der Waals surface area (Å²) in [4.78, 5) is 15.1. The molecule has 1 aliphatic rings. The van der Waals surface area contributed by atoms with Gasteiger partial charge in [0.05, 0.1) is 19.5 Å². The minimum absolute atomic E-state index is 0.144. The number of benzene rings is 1. The van der Waals surface area contributed by atoms with Crippen LogP contribution < -0.4 is 9.47 Å². The number of nitrogens with zero attached hydrogens (tertiary/aromatic N) is 4. The largest absolute Gasteiger partial charge is 0.493 e. The van der Waals surface area contributed by atoms with Gasteiger partial charge in [-0.3, -0.25) is 4.79 Å². The van der Waals surface area contributed by atoms with Gasteiger partial charge in [0.25, 0.3) is 0 Å². The highest BCUT2D eigenvalue weighted by molar-refractivity contribution is 8.00. The first-order valence-electron chi connectivity index (χ1n) is 11.6. The Morgan fingerprint density at radius 2 is 1.88 bits per heavy atom. The van der Waals surface area contributed by atoms with Crippen LogP contribution in [0, 0.1) is 0 Å². The van der Waals surface area contributed by atoms with E-state index in [-0.39, 0.29) is 11.2 Å². The molecule has 1 amide bonds. The van der Waals surface area contributed by atoms with Crippen molar-refractivity contribution >= 4 is 17.7 Å². The number of hydrogen-bond donors (Lipinski definition) is 0. The van der Waals surface area contributed by atoms with Gasteiger partial charge in [0.2, 0.25) is 5.91 Å². The van der Waals surface area contributed by atoms with E-state index in [2.05, 4.69) is 14.8 Å². The van der Waals surface area contributed by atoms with Crippen molar-refractivity contribution in [3.05, 3.63) is 18.2 Å². The maximum atomic E-state index is 13.1. The number of ether oxygens (including phenoxy) is 3. The van der Waals surface area contributed by atoms with Crippen LogP contribution in [0.5, 0.6) is 11.5 Å². The molecule has 0 aliphatic heterocycles. The van der Waals surface area contributed by atoms with Gasteiger partial charge >= 0.3 is 0 Å². The van der Waals surface area contributed by atoms with Crippen molar-refractivity contribution in [2.75, 3.05) is 35.0 Å². The third-order valence-corrected chi connectivity index (χ3v) is 7.26. The zero-order valence-corrected chi connectivity index (χ0v) is 21.2. The maximum Gasteiger partial charge on any atom is 0.235 e. The number of methoxy groups -OCH3 is 3. The molecule has 1 heterocycles. The van der Waals surface area contributed by atoms with Crippen LogP contribution in [0.15, 0.2) is 23.4 Å². The quantitative estimate of drug-likeness (QED) is 0.354. The molecule has 0 bridgehead atoms. The van der Waals surface area contributed by atoms with Gasteiger partial charge in [-0.25, -0.2) is 0 Å². The third kappa shape index (κ3) is 6.20. The first-order valence-corrected chi connectivity index (χ1v) is 12.5. The zero-order chi connectivity index (χ0) is 23.8. The molecule has 2 aromatic rings. The number of carbonyl (C=O) groups is 1. The average molecular weight is 477 g/mol. The number of rotatable bonds is 11. The van der Waals surface area contributed by atoms with Gasteiger partial charge in [-0.15, -0.1) is 10.2 Å². The Bertz CT molecular complexity index is 914. The summed E-state index contributed by atoms with van der Waals surface area (Å²) in [6, 6.07) is 6.05. The van der Waals surface area contributed by atoms with E-state index in [4.69, 9.17) is 14.2 Å². The molecule has 9 heteroatoms. The van der Waals surface area contributed by atoms with Gasteiger partial charge in [0.1, 0.15) is 0 Å². The lowest BCUT2D eigenvalue weighted by atomic mass is 9.94. The number of amides is 1. The Hall–Kier alpha value is -2.26. The third-order valence-electron chi connectivity index (χ3n) is 6.19. The second kappa shape index (κ2) is 12.3. The Labute approximate surface area is 201 Å². The average Bonchev–Trinajstić information content (AvgIpc) is 3.25. The van der Waals surface area contributed by atoms with Gasteiger partial charge in [0.15, 0.2) is 22.5 Å². The van der Waals surface area contributed by atoms with Crippen LogP contribution in [-0.4, -0.2) is 71.8 Å². The molecule has 0 saturated heterocycles. The van der Waals surface area contributed by atoms with Gasteiger partial charge in [0, 0.05) is 38.9 Å². The van der Waals surface area contributed by atoms with Crippen molar-refractivity contribution < 1.29 is 19.0 Å². The van der Waals surface area contributed by atoms with Crippen LogP contribution in [0.2, 0.25) is 0 Å². The Kier molecular flexibility index (Phi) is 9.43. The molecule has 1 aromatic carbocycles. The molecule has 8 nitrogen and oxygen atoms in total. The molecule has 0 N–H and O–H groups in total. The molecule has 1 saturated carbocycles. The van der Waals surface area contributed by atoms with Crippen molar-refractivity contribution in [3.63, 3.8) is 0 Å². The molecule has 0 spiro atoms. The SMILES string of the molecule is COCCCn1c(SC(C)C(=O)N(C)C2CCCCC2)nnc1-c1ccc(OC)c(OC)c1. The zero-order valence-electron chi connectivity index (χ0n) is 20.4. The fraction of sp³-hybridized carbons (Fsp3) is 0.625. The summed E-state index contributed by atoms with van der Waals surface area (Å²) in [7, 11) is 6.86. The standard InChI is InChI=1S/C24H36N4O4S/c1-17(23(29)27(2)19-10-7-6-8-11-19)33-24-26-25-22(28(24)14-9-15-30-3)18-12-13-20(31-4)21(16-18)32-5/h12-13,16-17,19H,6-11,14-15H2,1-5H3. The molecule has 1 fully saturated rings. The Morgan fingerprint density at radius 1 is 1.15 bits per heavy atom. The van der Waals surface area contributed by atoms with E-state index in [1.807, 2.05) is 37.1 Å². The fourth-order valence-corrected chi connectivity index (χ4v) is 5.25. The van der Waals surface area contributed by atoms with Crippen LogP contribution in [0.3, 0.4) is 0 Å². The summed E-state index contributed by atoms with van der Waals surface area (Å²) in [5, 5.41) is 9.41. The van der Waals surface area contributed by atoms with E-state index < -0.39 is 0 Å². The fourth-order valence-electron chi connectivity index (χ4n) is 4.28. The lowest BCUT2D eigenvalue weighted by Gasteiger charge is -2.32. The van der Waals surface area contributed by atoms with Crippen molar-refractivity contribution in [2.24, 2.45) is 0 Å². The summed E-state index contributed by atoms with van der Waals surface area (Å²) in [6.07, 6.45) is 6.67. The monoisotopic (exact) mass is 476 g/mol. The summed E-state index contributed by atoms with van der Waals surface area (Å²) in [5.41, 5.74) is 0.878. The summed E-state index contributed by atoms with van der Waals surface area (Å²) in [6.45, 7) is 3.27. The highest BCUT2D eigenvalue weighted by Gasteiger charge is 2.28. The van der Waals surface area contributed by atoms with E-state index >= 15 is 0 Å². The number of carbonyl (C=O) groups excluding carboxylic acids is 1. The first-order chi connectivity index (χ1) is 16.0. The number of aromatic nitrogens is 3. The van der Waals surface area contributed by atoms with E-state index in [1.54, 1.807) is 21.3 Å². The first kappa shape index (κ1) is 25.4. The second-order valence-corrected chi connectivity index (χ2v) is 9.68. The minimum atomic E-state index is -0.249. The minimum Gasteiger partial charge on any atom is -0.493 e. The van der Waals surface area contributed by atoms with Crippen LogP contribution >= 0.6 is 11.8 Å². The molecule has 1 unspecified atom stereocenters. The van der Waals surface area contributed by atoms with Crippen LogP contribution in [-0.2, 0) is 16.1 Å². The smallest absolute Gasteiger partial charge is 0.235 e. The molecular formula is C24H36N4O4S. The molecule has 1 aliphatic carbocycles. The predicted molar refractivity (Wildman–Crippen MR) is 130 cm³/mol. The summed E-state index contributed by atoms with van der Waals surface area (Å²) in [5.74, 6) is 2.17. The van der Waals surface area contributed by atoms with E-state index in [1.165, 1.54) is 31.0 Å². The molecular weight excluding hydrogens is 440 g/mol. The highest BCUT2D eigenvalue weighted by atomic mass is 32.2. The van der Waals surface area contributed by atoms with E-state index in [9.17, 15) is 4.79 Å². The second-order valence-electron chi connectivity index (χ2n) is 8.37. The number of hydrogen-bond acceptors (Lipinski definition) is 7. The summed E-state index contributed by atoms with van der Waals surface area (Å²) < 4.78 is 18.1. The lowest BCUT2D eigenvalue weighted by Crippen LogP contribution is -2.42. The normalized spacial score (nSPS) is 15.3. The molecule has 33 heavy (non-hydrogen) atoms. The van der Waals surface area contributed by atoms with Gasteiger partial charge in [-0.05, 0) is 44.4 Å². The Balaban J connectivity index is 1.82. The lowest BCUT2D eigenvalue weighted by molar-refractivity contribution is -0.131. The van der Waals surface area contributed by atoms with E-state index in [0.717, 1.165) is 35.8 Å². The maximum absolute atomic E-state index is 13.1. The summed E-state index contributed by atoms with van der Waals surface area (Å²) >= 11 is 1.46. The van der Waals surface area contributed by atoms with E-state index in [0.29, 0.717) is 30.7 Å². The van der Waals surface area contributed by atoms with Gasteiger partial charge < -0.3 is 23.7 Å². The predicted octanol–water partition coefficient (Wildman–Crippen LogP) is 4.27. The van der Waals surface area contributed by atoms with Crippen LogP contribution in [0.1, 0.15) is 45.4 Å². The van der Waals surface area contributed by atoms with Crippen molar-refractivity contribution in [3.8, 4) is 22.9 Å². The molecule has 1 atom stereocenters. The number of thioether (sulfide) groups is 1. The van der Waals surface area contributed by atoms with Crippen molar-refractivity contribution in [1.82, 2.24) is 19.7 Å². The molecule has 182 valence electrons. The molecule has 1 aromatic heterocycles. The van der Waals surface area contributed by atoms with Crippen LogP contribution in [0.25, 0.3) is 11.4 Å². The van der Waals surface area contributed by atoms with Crippen molar-refractivity contribution in [2.45, 2.75) is 68.4 Å². The van der Waals surface area contributed by atoms with Gasteiger partial charge in [-0.1, -0.05) is 31.0 Å². The molecule has 3 rings (SSSR count). The Morgan fingerprint density at radius 3 is 2.55 bits per heavy atom. The van der Waals surface area contributed by atoms with Gasteiger partial charge in [-0.2, -0.15) is 0 Å².